The molecule has 0 radical (unpaired) electrons. The predicted octanol–water partition coefficient (Wildman–Crippen LogP) is 4.22. The second kappa shape index (κ2) is 8.70. The summed E-state index contributed by atoms with van der Waals surface area (Å²) >= 11 is 3.49. The number of hydrogen-bond donors (Lipinski definition) is 0. The Labute approximate surface area is 182 Å². The molecule has 5 nitrogen and oxygen atoms in total. The zero-order valence-corrected chi connectivity index (χ0v) is 18.2. The molecule has 1 saturated heterocycles. The molecule has 0 atom stereocenters. The van der Waals surface area contributed by atoms with E-state index in [0.717, 1.165) is 47.1 Å². The number of alkyl halides is 3. The Morgan fingerprint density at radius 1 is 1.07 bits per heavy atom. The third kappa shape index (κ3) is 4.72. The van der Waals surface area contributed by atoms with Crippen LogP contribution in [0.5, 0.6) is 0 Å². The number of rotatable bonds is 3. The van der Waals surface area contributed by atoms with Crippen molar-refractivity contribution in [3.05, 3.63) is 45.7 Å². The van der Waals surface area contributed by atoms with E-state index in [1.807, 2.05) is 28.9 Å². The van der Waals surface area contributed by atoms with E-state index in [-0.39, 0.29) is 19.0 Å². The molecule has 1 aliphatic heterocycles. The third-order valence-electron chi connectivity index (χ3n) is 5.71. The lowest BCUT2D eigenvalue weighted by Gasteiger charge is -2.22. The number of hydrogen-bond acceptors (Lipinski definition) is 3. The van der Waals surface area contributed by atoms with Crippen molar-refractivity contribution in [3.8, 4) is 5.69 Å². The largest absolute Gasteiger partial charge is 0.401 e. The standard InChI is InChI=1S/C21H24BrF3N4O/c22-15-5-3-6-16(13-15)29-18-8-2-1-7-17(18)19(26-29)20(30)28-10-4-9-27(11-12-28)14-21(23,24)25/h3,5-6,13H,1-2,4,7-12,14H2. The number of amides is 1. The molecule has 0 bridgehead atoms. The molecule has 1 aromatic carbocycles. The first-order valence-electron chi connectivity index (χ1n) is 10.3. The lowest BCUT2D eigenvalue weighted by molar-refractivity contribution is -0.145. The minimum absolute atomic E-state index is 0.171. The summed E-state index contributed by atoms with van der Waals surface area (Å²) in [6.07, 6.45) is 0.0323. The highest BCUT2D eigenvalue weighted by molar-refractivity contribution is 9.10. The van der Waals surface area contributed by atoms with Crippen LogP contribution in [-0.4, -0.2) is 64.4 Å². The van der Waals surface area contributed by atoms with Gasteiger partial charge in [0.2, 0.25) is 0 Å². The van der Waals surface area contributed by atoms with E-state index in [9.17, 15) is 18.0 Å². The van der Waals surface area contributed by atoms with E-state index < -0.39 is 12.7 Å². The van der Waals surface area contributed by atoms with Crippen LogP contribution in [0.15, 0.2) is 28.7 Å². The first-order valence-corrected chi connectivity index (χ1v) is 11.1. The minimum atomic E-state index is -4.22. The molecule has 1 amide bonds. The van der Waals surface area contributed by atoms with Gasteiger partial charge in [0.05, 0.1) is 12.2 Å². The average molecular weight is 485 g/mol. The Morgan fingerprint density at radius 2 is 1.87 bits per heavy atom. The zero-order valence-electron chi connectivity index (χ0n) is 16.6. The summed E-state index contributed by atoms with van der Waals surface area (Å²) < 4.78 is 41.0. The number of fused-ring (bicyclic) bond motifs is 1. The summed E-state index contributed by atoms with van der Waals surface area (Å²) in [5.74, 6) is -0.171. The van der Waals surface area contributed by atoms with Crippen molar-refractivity contribution in [1.29, 1.82) is 0 Å². The van der Waals surface area contributed by atoms with Gasteiger partial charge in [-0.15, -0.1) is 0 Å². The molecule has 0 unspecified atom stereocenters. The Kier molecular flexibility index (Phi) is 6.20. The van der Waals surface area contributed by atoms with Crippen LogP contribution < -0.4 is 0 Å². The molecule has 9 heteroatoms. The molecule has 2 aromatic rings. The fourth-order valence-electron chi connectivity index (χ4n) is 4.33. The molecule has 1 fully saturated rings. The van der Waals surface area contributed by atoms with Gasteiger partial charge in [-0.3, -0.25) is 9.69 Å². The summed E-state index contributed by atoms with van der Waals surface area (Å²) in [5.41, 5.74) is 3.40. The van der Waals surface area contributed by atoms with Crippen LogP contribution in [0.1, 0.15) is 41.0 Å². The van der Waals surface area contributed by atoms with Gasteiger partial charge in [-0.1, -0.05) is 22.0 Å². The molecule has 162 valence electrons. The fraction of sp³-hybridized carbons (Fsp3) is 0.524. The van der Waals surface area contributed by atoms with Gasteiger partial charge >= 0.3 is 6.18 Å². The van der Waals surface area contributed by atoms with E-state index in [1.165, 1.54) is 4.90 Å². The summed E-state index contributed by atoms with van der Waals surface area (Å²) in [7, 11) is 0. The maximum atomic E-state index is 13.3. The molecular weight excluding hydrogens is 461 g/mol. The van der Waals surface area contributed by atoms with Crippen molar-refractivity contribution in [2.75, 3.05) is 32.7 Å². The molecular formula is C21H24BrF3N4O. The lowest BCUT2D eigenvalue weighted by atomic mass is 9.95. The number of benzene rings is 1. The first kappa shape index (κ1) is 21.4. The highest BCUT2D eigenvalue weighted by Crippen LogP contribution is 2.29. The van der Waals surface area contributed by atoms with Gasteiger partial charge in [-0.2, -0.15) is 18.3 Å². The molecule has 1 aliphatic carbocycles. The van der Waals surface area contributed by atoms with E-state index in [2.05, 4.69) is 15.9 Å². The van der Waals surface area contributed by atoms with E-state index in [4.69, 9.17) is 5.10 Å². The van der Waals surface area contributed by atoms with Crippen molar-refractivity contribution in [1.82, 2.24) is 19.6 Å². The smallest absolute Gasteiger partial charge is 0.336 e. The van der Waals surface area contributed by atoms with E-state index >= 15 is 0 Å². The van der Waals surface area contributed by atoms with Crippen molar-refractivity contribution in [2.45, 2.75) is 38.3 Å². The minimum Gasteiger partial charge on any atom is -0.336 e. The molecule has 1 aromatic heterocycles. The fourth-order valence-corrected chi connectivity index (χ4v) is 4.71. The van der Waals surface area contributed by atoms with Crippen LogP contribution in [0.2, 0.25) is 0 Å². The Hall–Kier alpha value is -1.87. The topological polar surface area (TPSA) is 41.4 Å². The van der Waals surface area contributed by atoms with Crippen LogP contribution in [0, 0.1) is 0 Å². The van der Waals surface area contributed by atoms with E-state index in [0.29, 0.717) is 25.2 Å². The number of carbonyl (C=O) groups excluding carboxylic acids is 1. The van der Waals surface area contributed by atoms with Crippen molar-refractivity contribution < 1.29 is 18.0 Å². The van der Waals surface area contributed by atoms with Crippen molar-refractivity contribution in [3.63, 3.8) is 0 Å². The normalized spacial score (nSPS) is 18.2. The van der Waals surface area contributed by atoms with Gasteiger partial charge in [0.25, 0.3) is 5.91 Å². The Morgan fingerprint density at radius 3 is 2.63 bits per heavy atom. The van der Waals surface area contributed by atoms with Gasteiger partial charge in [0.15, 0.2) is 5.69 Å². The van der Waals surface area contributed by atoms with Crippen LogP contribution >= 0.6 is 15.9 Å². The SMILES string of the molecule is O=C(c1nn(-c2cccc(Br)c2)c2c1CCCC2)N1CCCN(CC(F)(F)F)CC1. The second-order valence-corrected chi connectivity index (χ2v) is 8.83. The number of halogens is 4. The Bertz CT molecular complexity index is 927. The highest BCUT2D eigenvalue weighted by Gasteiger charge is 2.33. The third-order valence-corrected chi connectivity index (χ3v) is 6.21. The van der Waals surface area contributed by atoms with Crippen molar-refractivity contribution in [2.24, 2.45) is 0 Å². The monoisotopic (exact) mass is 484 g/mol. The van der Waals surface area contributed by atoms with Crippen LogP contribution in [-0.2, 0) is 12.8 Å². The summed E-state index contributed by atoms with van der Waals surface area (Å²) in [5, 5.41) is 4.70. The zero-order chi connectivity index (χ0) is 21.3. The highest BCUT2D eigenvalue weighted by atomic mass is 79.9. The second-order valence-electron chi connectivity index (χ2n) is 7.91. The number of aromatic nitrogens is 2. The number of carbonyl (C=O) groups is 1. The molecule has 0 saturated carbocycles. The van der Waals surface area contributed by atoms with Crippen LogP contribution in [0.4, 0.5) is 13.2 Å². The molecule has 2 aliphatic rings. The van der Waals surface area contributed by atoms with Crippen LogP contribution in [0.25, 0.3) is 5.69 Å². The summed E-state index contributed by atoms with van der Waals surface area (Å²) in [6.45, 7) is 0.370. The van der Waals surface area contributed by atoms with E-state index in [1.54, 1.807) is 4.90 Å². The molecule has 30 heavy (non-hydrogen) atoms. The molecule has 0 spiro atoms. The predicted molar refractivity (Wildman–Crippen MR) is 111 cm³/mol. The van der Waals surface area contributed by atoms with Crippen LogP contribution in [0.3, 0.4) is 0 Å². The van der Waals surface area contributed by atoms with Crippen molar-refractivity contribution >= 4 is 21.8 Å². The maximum absolute atomic E-state index is 13.3. The maximum Gasteiger partial charge on any atom is 0.401 e. The Balaban J connectivity index is 1.58. The summed E-state index contributed by atoms with van der Waals surface area (Å²) in [4.78, 5) is 16.4. The quantitative estimate of drug-likeness (QED) is 0.654. The van der Waals surface area contributed by atoms with Gasteiger partial charge in [0, 0.05) is 41.9 Å². The number of nitrogens with zero attached hydrogens (tertiary/aromatic N) is 4. The van der Waals surface area contributed by atoms with Gasteiger partial charge in [-0.05, 0) is 50.3 Å². The molecule has 4 rings (SSSR count). The van der Waals surface area contributed by atoms with Gasteiger partial charge in [0.1, 0.15) is 0 Å². The molecule has 2 heterocycles. The van der Waals surface area contributed by atoms with Gasteiger partial charge < -0.3 is 4.90 Å². The summed E-state index contributed by atoms with van der Waals surface area (Å²) in [6, 6.07) is 7.80. The average Bonchev–Trinajstić information content (AvgIpc) is 2.93. The lowest BCUT2D eigenvalue weighted by Crippen LogP contribution is -2.38. The van der Waals surface area contributed by atoms with Gasteiger partial charge in [-0.25, -0.2) is 4.68 Å². The molecule has 0 N–H and O–H groups in total. The first-order chi connectivity index (χ1) is 14.3.